The van der Waals surface area contributed by atoms with Gasteiger partial charge >= 0.3 is 4.87 Å². The molecule has 1 amide bonds. The van der Waals surface area contributed by atoms with E-state index in [1.54, 1.807) is 47.0 Å². The number of rotatable bonds is 6. The van der Waals surface area contributed by atoms with Crippen molar-refractivity contribution in [2.75, 3.05) is 15.9 Å². The van der Waals surface area contributed by atoms with Gasteiger partial charge in [0.25, 0.3) is 0 Å². The van der Waals surface area contributed by atoms with Crippen LogP contribution in [0.1, 0.15) is 13.8 Å². The van der Waals surface area contributed by atoms with E-state index in [9.17, 15) is 18.0 Å². The maximum absolute atomic E-state index is 12.8. The Morgan fingerprint density at radius 3 is 2.48 bits per heavy atom. The number of thiazole rings is 1. The molecule has 29 heavy (non-hydrogen) atoms. The molecule has 0 aliphatic heterocycles. The molecule has 0 saturated carbocycles. The maximum atomic E-state index is 12.8. The van der Waals surface area contributed by atoms with Gasteiger partial charge in [0.05, 0.1) is 22.2 Å². The molecule has 1 N–H and O–H groups in total. The van der Waals surface area contributed by atoms with Gasteiger partial charge < -0.3 is 5.32 Å². The molecule has 1 aromatic heterocycles. The Morgan fingerprint density at radius 1 is 1.24 bits per heavy atom. The second-order valence-electron chi connectivity index (χ2n) is 6.50. The quantitative estimate of drug-likeness (QED) is 0.618. The van der Waals surface area contributed by atoms with Crippen LogP contribution in [0.5, 0.6) is 0 Å². The van der Waals surface area contributed by atoms with Gasteiger partial charge in [-0.1, -0.05) is 22.9 Å². The molecule has 0 bridgehead atoms. The van der Waals surface area contributed by atoms with Crippen LogP contribution in [-0.4, -0.2) is 31.2 Å². The lowest BCUT2D eigenvalue weighted by molar-refractivity contribution is -0.116. The largest absolute Gasteiger partial charge is 0.324 e. The van der Waals surface area contributed by atoms with E-state index in [0.717, 1.165) is 32.1 Å². The lowest BCUT2D eigenvalue weighted by Gasteiger charge is -2.28. The standard InChI is InChI=1S/C19H20ClN3O4S2/c1-4-22-16-10-7-14(11-17(16)28-19(22)25)21-18(24)12(2)23(29(3,26)27)15-8-5-13(20)6-9-15/h5-12H,4H2,1-3H3,(H,21,24). The minimum Gasteiger partial charge on any atom is -0.324 e. The predicted octanol–water partition coefficient (Wildman–Crippen LogP) is 3.53. The fraction of sp³-hybridized carbons (Fsp3) is 0.263. The number of nitrogens with one attached hydrogen (secondary N) is 1. The van der Waals surface area contributed by atoms with Crippen molar-refractivity contribution in [3.05, 3.63) is 57.2 Å². The van der Waals surface area contributed by atoms with Crippen molar-refractivity contribution in [2.45, 2.75) is 26.4 Å². The molecule has 0 fully saturated rings. The number of anilines is 2. The lowest BCUT2D eigenvalue weighted by Crippen LogP contribution is -2.45. The van der Waals surface area contributed by atoms with Gasteiger partial charge in [-0.15, -0.1) is 0 Å². The summed E-state index contributed by atoms with van der Waals surface area (Å²) in [6, 6.07) is 10.4. The molecule has 0 spiro atoms. The smallest absolute Gasteiger partial charge is 0.308 e. The van der Waals surface area contributed by atoms with E-state index in [4.69, 9.17) is 11.6 Å². The summed E-state index contributed by atoms with van der Waals surface area (Å²) < 4.78 is 28.1. The van der Waals surface area contributed by atoms with Crippen molar-refractivity contribution in [3.63, 3.8) is 0 Å². The summed E-state index contributed by atoms with van der Waals surface area (Å²) >= 11 is 6.98. The van der Waals surface area contributed by atoms with Gasteiger partial charge in [-0.05, 0) is 56.3 Å². The number of amides is 1. The third-order valence-electron chi connectivity index (χ3n) is 4.42. The van der Waals surface area contributed by atoms with Crippen molar-refractivity contribution in [3.8, 4) is 0 Å². The van der Waals surface area contributed by atoms with Crippen LogP contribution in [0.4, 0.5) is 11.4 Å². The van der Waals surface area contributed by atoms with Gasteiger partial charge in [0.2, 0.25) is 15.9 Å². The molecule has 0 radical (unpaired) electrons. The van der Waals surface area contributed by atoms with Crippen molar-refractivity contribution in [1.82, 2.24) is 4.57 Å². The van der Waals surface area contributed by atoms with E-state index in [1.807, 2.05) is 6.92 Å². The molecule has 1 unspecified atom stereocenters. The van der Waals surface area contributed by atoms with Crippen molar-refractivity contribution >= 4 is 60.5 Å². The second-order valence-corrected chi connectivity index (χ2v) is 9.78. The Balaban J connectivity index is 1.89. The normalized spacial score (nSPS) is 12.7. The highest BCUT2D eigenvalue weighted by Crippen LogP contribution is 2.25. The second kappa shape index (κ2) is 8.17. The van der Waals surface area contributed by atoms with E-state index >= 15 is 0 Å². The summed E-state index contributed by atoms with van der Waals surface area (Å²) in [4.78, 5) is 24.7. The number of carbonyl (C=O) groups is 1. The zero-order valence-corrected chi connectivity index (χ0v) is 18.4. The first kappa shape index (κ1) is 21.4. The van der Waals surface area contributed by atoms with E-state index in [2.05, 4.69) is 5.32 Å². The molecule has 3 rings (SSSR count). The van der Waals surface area contributed by atoms with Crippen LogP contribution >= 0.6 is 22.9 Å². The molecule has 2 aromatic carbocycles. The van der Waals surface area contributed by atoms with Crippen LogP contribution in [0, 0.1) is 0 Å². The molecule has 0 aliphatic rings. The first-order chi connectivity index (χ1) is 13.6. The molecule has 1 atom stereocenters. The predicted molar refractivity (Wildman–Crippen MR) is 119 cm³/mol. The van der Waals surface area contributed by atoms with Crippen LogP contribution in [-0.2, 0) is 21.4 Å². The SMILES string of the molecule is CCn1c(=O)sc2cc(NC(=O)C(C)N(c3ccc(Cl)cc3)S(C)(=O)=O)ccc21. The molecule has 0 saturated heterocycles. The molecule has 3 aromatic rings. The number of aromatic nitrogens is 1. The average Bonchev–Trinajstić information content (AvgIpc) is 2.96. The molecule has 154 valence electrons. The highest BCUT2D eigenvalue weighted by molar-refractivity contribution is 7.92. The third-order valence-corrected chi connectivity index (χ3v) is 6.86. The molecule has 7 nitrogen and oxygen atoms in total. The molecular formula is C19H20ClN3O4S2. The van der Waals surface area contributed by atoms with Crippen molar-refractivity contribution in [1.29, 1.82) is 0 Å². The number of nitrogens with zero attached hydrogens (tertiary/aromatic N) is 2. The Bertz CT molecular complexity index is 1220. The number of carbonyl (C=O) groups excluding carboxylic acids is 1. The van der Waals surface area contributed by atoms with Crippen LogP contribution in [0.2, 0.25) is 5.02 Å². The first-order valence-corrected chi connectivity index (χ1v) is 11.9. The number of aryl methyl sites for hydroxylation is 1. The molecule has 1 heterocycles. The molecule has 10 heteroatoms. The fourth-order valence-electron chi connectivity index (χ4n) is 3.09. The summed E-state index contributed by atoms with van der Waals surface area (Å²) in [6.45, 7) is 3.96. The summed E-state index contributed by atoms with van der Waals surface area (Å²) in [5.74, 6) is -0.494. The van der Waals surface area contributed by atoms with E-state index in [1.165, 1.54) is 6.92 Å². The lowest BCUT2D eigenvalue weighted by atomic mass is 10.2. The summed E-state index contributed by atoms with van der Waals surface area (Å²) in [6.07, 6.45) is 1.04. The first-order valence-electron chi connectivity index (χ1n) is 8.81. The van der Waals surface area contributed by atoms with E-state index < -0.39 is 22.0 Å². The summed E-state index contributed by atoms with van der Waals surface area (Å²) in [5, 5.41) is 3.20. The van der Waals surface area contributed by atoms with Crippen LogP contribution in [0.25, 0.3) is 10.2 Å². The van der Waals surface area contributed by atoms with Crippen LogP contribution in [0.3, 0.4) is 0 Å². The maximum Gasteiger partial charge on any atom is 0.308 e. The van der Waals surface area contributed by atoms with Gasteiger partial charge in [0, 0.05) is 17.3 Å². The summed E-state index contributed by atoms with van der Waals surface area (Å²) in [7, 11) is -3.72. The van der Waals surface area contributed by atoms with Crippen molar-refractivity contribution < 1.29 is 13.2 Å². The highest BCUT2D eigenvalue weighted by atomic mass is 35.5. The topological polar surface area (TPSA) is 88.5 Å². The minimum atomic E-state index is -3.72. The Labute approximate surface area is 177 Å². The average molecular weight is 454 g/mol. The van der Waals surface area contributed by atoms with E-state index in [0.29, 0.717) is 22.9 Å². The van der Waals surface area contributed by atoms with Gasteiger partial charge in [-0.3, -0.25) is 18.5 Å². The zero-order valence-electron chi connectivity index (χ0n) is 16.0. The van der Waals surface area contributed by atoms with Gasteiger partial charge in [0.15, 0.2) is 0 Å². The summed E-state index contributed by atoms with van der Waals surface area (Å²) in [5.41, 5.74) is 1.63. The number of hydrogen-bond donors (Lipinski definition) is 1. The Kier molecular flexibility index (Phi) is 6.02. The van der Waals surface area contributed by atoms with Crippen LogP contribution < -0.4 is 14.5 Å². The highest BCUT2D eigenvalue weighted by Gasteiger charge is 2.29. The Hall–Kier alpha value is -2.36. The number of fused-ring (bicyclic) bond motifs is 1. The number of hydrogen-bond acceptors (Lipinski definition) is 5. The third kappa shape index (κ3) is 4.47. The van der Waals surface area contributed by atoms with Gasteiger partial charge in [-0.2, -0.15) is 0 Å². The zero-order chi connectivity index (χ0) is 21.3. The molecule has 0 aliphatic carbocycles. The van der Waals surface area contributed by atoms with Crippen molar-refractivity contribution in [2.24, 2.45) is 0 Å². The van der Waals surface area contributed by atoms with Gasteiger partial charge in [-0.25, -0.2) is 8.42 Å². The molecular weight excluding hydrogens is 434 g/mol. The van der Waals surface area contributed by atoms with Crippen LogP contribution in [0.15, 0.2) is 47.3 Å². The monoisotopic (exact) mass is 453 g/mol. The Morgan fingerprint density at radius 2 is 1.90 bits per heavy atom. The number of sulfonamides is 1. The number of halogens is 1. The van der Waals surface area contributed by atoms with E-state index in [-0.39, 0.29) is 4.87 Å². The minimum absolute atomic E-state index is 0.0645. The fourth-order valence-corrected chi connectivity index (χ4v) is 5.38. The van der Waals surface area contributed by atoms with Gasteiger partial charge in [0.1, 0.15) is 6.04 Å². The number of benzene rings is 2.